The highest BCUT2D eigenvalue weighted by Crippen LogP contribution is 2.37. The first-order valence-corrected chi connectivity index (χ1v) is 6.64. The molecule has 1 nitrogen and oxygen atoms in total. The van der Waals surface area contributed by atoms with Crippen LogP contribution in [0.5, 0.6) is 0 Å². The summed E-state index contributed by atoms with van der Waals surface area (Å²) in [6.45, 7) is 0. The molecule has 0 saturated heterocycles. The number of rotatable bonds is 3. The summed E-state index contributed by atoms with van der Waals surface area (Å²) in [6, 6.07) is 8.56. The van der Waals surface area contributed by atoms with Crippen LogP contribution >= 0.6 is 0 Å². The first-order valence-electron chi connectivity index (χ1n) is 6.64. The molecule has 0 unspecified atom stereocenters. The van der Waals surface area contributed by atoms with E-state index in [4.69, 9.17) is 0 Å². The first kappa shape index (κ1) is 17.8. The Hall–Kier alpha value is -2.57. The topological polar surface area (TPSA) is 17.1 Å². The smallest absolute Gasteiger partial charge is 0.298 e. The summed E-state index contributed by atoms with van der Waals surface area (Å²) in [7, 11) is 0. The predicted octanol–water partition coefficient (Wildman–Crippen LogP) is 5.46. The van der Waals surface area contributed by atoms with Crippen molar-refractivity contribution in [1.29, 1.82) is 0 Å². The molecule has 126 valence electrons. The van der Waals surface area contributed by atoms with Gasteiger partial charge in [-0.1, -0.05) is 36.4 Å². The first-order chi connectivity index (χ1) is 11.1. The summed E-state index contributed by atoms with van der Waals surface area (Å²) in [4.78, 5) is 11.2. The third-order valence-corrected chi connectivity index (χ3v) is 3.25. The molecule has 0 heterocycles. The number of carbonyl (C=O) groups excluding carboxylic acids is 1. The number of hydrogen-bond acceptors (Lipinski definition) is 1. The van der Waals surface area contributed by atoms with E-state index in [1.54, 1.807) is 0 Å². The van der Waals surface area contributed by atoms with Gasteiger partial charge in [-0.2, -0.15) is 26.3 Å². The van der Waals surface area contributed by atoms with Gasteiger partial charge in [0.25, 0.3) is 0 Å². The summed E-state index contributed by atoms with van der Waals surface area (Å²) >= 11 is 0. The maximum absolute atomic E-state index is 13.0. The Morgan fingerprint density at radius 3 is 1.79 bits per heavy atom. The van der Waals surface area contributed by atoms with Gasteiger partial charge in [0.2, 0.25) is 0 Å². The van der Waals surface area contributed by atoms with Crippen LogP contribution in [0.15, 0.2) is 48.5 Å². The maximum Gasteiger partial charge on any atom is 0.417 e. The Labute approximate surface area is 133 Å². The Morgan fingerprint density at radius 2 is 1.25 bits per heavy atom. The molecular weight excluding hydrogens is 334 g/mol. The fourth-order valence-electron chi connectivity index (χ4n) is 2.21. The van der Waals surface area contributed by atoms with E-state index >= 15 is 0 Å². The molecule has 2 aromatic rings. The van der Waals surface area contributed by atoms with E-state index < -0.39 is 34.6 Å². The number of allylic oxidation sites excluding steroid dienone is 1. The number of aldehydes is 1. The Balaban J connectivity index is 2.64. The molecule has 2 rings (SSSR count). The molecule has 0 aliphatic heterocycles. The van der Waals surface area contributed by atoms with Gasteiger partial charge in [0.1, 0.15) is 0 Å². The molecule has 0 N–H and O–H groups in total. The second kappa shape index (κ2) is 6.51. The predicted molar refractivity (Wildman–Crippen MR) is 76.8 cm³/mol. The van der Waals surface area contributed by atoms with Crippen LogP contribution in [0.2, 0.25) is 0 Å². The molecule has 0 aliphatic carbocycles. The Kier molecular flexibility index (Phi) is 4.82. The molecule has 0 radical (unpaired) electrons. The van der Waals surface area contributed by atoms with Crippen molar-refractivity contribution in [3.8, 4) is 0 Å². The van der Waals surface area contributed by atoms with E-state index in [0.717, 1.165) is 42.5 Å². The lowest BCUT2D eigenvalue weighted by atomic mass is 9.96. The standard InChI is InChI=1S/C17H10F6O/c18-16(19,20)14-7-3-1-5-11(14)9-12(10-24)13-6-2-4-8-15(13)17(21,22)23/h1-10H. The van der Waals surface area contributed by atoms with Crippen LogP contribution in [-0.4, -0.2) is 6.29 Å². The van der Waals surface area contributed by atoms with Gasteiger partial charge in [0.15, 0.2) is 6.29 Å². The largest absolute Gasteiger partial charge is 0.417 e. The van der Waals surface area contributed by atoms with E-state index in [0.29, 0.717) is 0 Å². The second-order valence-electron chi connectivity index (χ2n) is 4.85. The zero-order chi connectivity index (χ0) is 18.0. The third kappa shape index (κ3) is 3.84. The summed E-state index contributed by atoms with van der Waals surface area (Å²) in [6.07, 6.45) is -8.51. The molecule has 0 fully saturated rings. The molecule has 0 aliphatic rings. The van der Waals surface area contributed by atoms with Gasteiger partial charge in [0.05, 0.1) is 11.1 Å². The lowest BCUT2D eigenvalue weighted by Crippen LogP contribution is -2.10. The van der Waals surface area contributed by atoms with Crippen LogP contribution in [0.1, 0.15) is 22.3 Å². The number of alkyl halides is 6. The molecular formula is C17H10F6O. The fraction of sp³-hybridized carbons (Fsp3) is 0.118. The quantitative estimate of drug-likeness (QED) is 0.313. The molecule has 7 heteroatoms. The van der Waals surface area contributed by atoms with E-state index in [2.05, 4.69) is 0 Å². The zero-order valence-electron chi connectivity index (χ0n) is 11.9. The van der Waals surface area contributed by atoms with Crippen molar-refractivity contribution >= 4 is 17.9 Å². The molecule has 0 atom stereocenters. The molecule has 0 bridgehead atoms. The summed E-state index contributed by atoms with van der Waals surface area (Å²) in [5, 5.41) is 0. The Morgan fingerprint density at radius 1 is 0.750 bits per heavy atom. The summed E-state index contributed by atoms with van der Waals surface area (Å²) in [5.41, 5.74) is -3.47. The minimum absolute atomic E-state index is 0.109. The highest BCUT2D eigenvalue weighted by atomic mass is 19.4. The maximum atomic E-state index is 13.0. The van der Waals surface area contributed by atoms with E-state index in [1.807, 2.05) is 0 Å². The number of benzene rings is 2. The zero-order valence-corrected chi connectivity index (χ0v) is 11.9. The van der Waals surface area contributed by atoms with Gasteiger partial charge in [-0.15, -0.1) is 0 Å². The van der Waals surface area contributed by atoms with Crippen LogP contribution in [0.25, 0.3) is 11.6 Å². The molecule has 2 aromatic carbocycles. The van der Waals surface area contributed by atoms with Crippen molar-refractivity contribution in [2.45, 2.75) is 12.4 Å². The van der Waals surface area contributed by atoms with Crippen molar-refractivity contribution in [3.05, 3.63) is 70.8 Å². The fourth-order valence-corrected chi connectivity index (χ4v) is 2.21. The van der Waals surface area contributed by atoms with E-state index in [-0.39, 0.29) is 11.8 Å². The lowest BCUT2D eigenvalue weighted by Gasteiger charge is -2.14. The monoisotopic (exact) mass is 344 g/mol. The molecule has 0 saturated carbocycles. The number of hydrogen-bond donors (Lipinski definition) is 0. The minimum Gasteiger partial charge on any atom is -0.298 e. The summed E-state index contributed by atoms with van der Waals surface area (Å²) < 4.78 is 78.0. The number of carbonyl (C=O) groups is 1. The van der Waals surface area contributed by atoms with Gasteiger partial charge >= 0.3 is 12.4 Å². The van der Waals surface area contributed by atoms with Gasteiger partial charge in [-0.3, -0.25) is 4.79 Å². The highest BCUT2D eigenvalue weighted by molar-refractivity contribution is 6.14. The van der Waals surface area contributed by atoms with Crippen LogP contribution < -0.4 is 0 Å². The van der Waals surface area contributed by atoms with Gasteiger partial charge in [0, 0.05) is 5.57 Å². The second-order valence-corrected chi connectivity index (χ2v) is 4.85. The van der Waals surface area contributed by atoms with Crippen LogP contribution in [0.3, 0.4) is 0 Å². The normalized spacial score (nSPS) is 13.0. The van der Waals surface area contributed by atoms with Crippen molar-refractivity contribution in [3.63, 3.8) is 0 Å². The SMILES string of the molecule is O=CC(=Cc1ccccc1C(F)(F)F)c1ccccc1C(F)(F)F. The van der Waals surface area contributed by atoms with Crippen molar-refractivity contribution in [2.24, 2.45) is 0 Å². The van der Waals surface area contributed by atoms with Crippen LogP contribution in [0.4, 0.5) is 26.3 Å². The van der Waals surface area contributed by atoms with Crippen molar-refractivity contribution in [2.75, 3.05) is 0 Å². The lowest BCUT2D eigenvalue weighted by molar-refractivity contribution is -0.138. The molecule has 0 aromatic heterocycles. The molecule has 0 amide bonds. The van der Waals surface area contributed by atoms with E-state index in [1.165, 1.54) is 12.1 Å². The van der Waals surface area contributed by atoms with Crippen LogP contribution in [0, 0.1) is 0 Å². The molecule has 24 heavy (non-hydrogen) atoms. The minimum atomic E-state index is -4.73. The molecule has 0 spiro atoms. The van der Waals surface area contributed by atoms with Gasteiger partial charge in [-0.25, -0.2) is 0 Å². The third-order valence-electron chi connectivity index (χ3n) is 3.25. The van der Waals surface area contributed by atoms with Crippen LogP contribution in [-0.2, 0) is 17.1 Å². The summed E-state index contributed by atoms with van der Waals surface area (Å²) in [5.74, 6) is 0. The Bertz CT molecular complexity index is 771. The number of halogens is 6. The van der Waals surface area contributed by atoms with Crippen molar-refractivity contribution < 1.29 is 31.1 Å². The highest BCUT2D eigenvalue weighted by Gasteiger charge is 2.35. The average Bonchev–Trinajstić information content (AvgIpc) is 2.51. The van der Waals surface area contributed by atoms with Crippen molar-refractivity contribution in [1.82, 2.24) is 0 Å². The van der Waals surface area contributed by atoms with E-state index in [9.17, 15) is 31.1 Å². The van der Waals surface area contributed by atoms with Gasteiger partial charge < -0.3 is 0 Å². The average molecular weight is 344 g/mol. The van der Waals surface area contributed by atoms with Gasteiger partial charge in [-0.05, 0) is 29.3 Å².